The van der Waals surface area contributed by atoms with Crippen LogP contribution in [0.15, 0.2) is 24.3 Å². The lowest BCUT2D eigenvalue weighted by Crippen LogP contribution is -2.31. The van der Waals surface area contributed by atoms with Gasteiger partial charge in [-0.25, -0.2) is 4.98 Å². The molecule has 1 unspecified atom stereocenters. The number of fused-ring (bicyclic) bond motifs is 1. The van der Waals surface area contributed by atoms with Crippen molar-refractivity contribution in [1.29, 1.82) is 0 Å². The van der Waals surface area contributed by atoms with Gasteiger partial charge in [0.2, 0.25) is 5.91 Å². The zero-order valence-electron chi connectivity index (χ0n) is 8.80. The number of hydrogen-bond donors (Lipinski definition) is 2. The second kappa shape index (κ2) is 4.59. The Morgan fingerprint density at radius 3 is 3.00 bits per heavy atom. The van der Waals surface area contributed by atoms with Gasteiger partial charge in [0.15, 0.2) is 0 Å². The molecule has 4 nitrogen and oxygen atoms in total. The van der Waals surface area contributed by atoms with Crippen LogP contribution in [0.25, 0.3) is 10.2 Å². The Bertz CT molecular complexity index is 474. The number of nitrogens with one attached hydrogen (secondary N) is 1. The van der Waals surface area contributed by atoms with Gasteiger partial charge in [-0.05, 0) is 19.1 Å². The fraction of sp³-hybridized carbons (Fsp3) is 0.273. The molecule has 1 amide bonds. The van der Waals surface area contributed by atoms with Crippen molar-refractivity contribution >= 4 is 27.5 Å². The minimum absolute atomic E-state index is 0.364. The summed E-state index contributed by atoms with van der Waals surface area (Å²) in [4.78, 5) is 15.5. The van der Waals surface area contributed by atoms with Crippen LogP contribution in [0, 0.1) is 0 Å². The van der Waals surface area contributed by atoms with E-state index in [-0.39, 0.29) is 5.91 Å². The molecule has 1 heterocycles. The van der Waals surface area contributed by atoms with Gasteiger partial charge in [-0.15, -0.1) is 11.3 Å². The molecule has 0 fully saturated rings. The Morgan fingerprint density at radius 1 is 1.56 bits per heavy atom. The molecule has 1 atom stereocenters. The van der Waals surface area contributed by atoms with Crippen LogP contribution in [0.5, 0.6) is 0 Å². The van der Waals surface area contributed by atoms with Crippen LogP contribution in [0.4, 0.5) is 0 Å². The van der Waals surface area contributed by atoms with E-state index in [0.717, 1.165) is 15.2 Å². The van der Waals surface area contributed by atoms with E-state index in [1.807, 2.05) is 24.3 Å². The van der Waals surface area contributed by atoms with Crippen LogP contribution in [0.3, 0.4) is 0 Å². The number of thiazole rings is 1. The second-order valence-corrected chi connectivity index (χ2v) is 4.58. The van der Waals surface area contributed by atoms with Crippen molar-refractivity contribution in [2.45, 2.75) is 19.6 Å². The molecule has 0 aliphatic carbocycles. The minimum Gasteiger partial charge on any atom is -0.384 e. The second-order valence-electron chi connectivity index (χ2n) is 3.47. The molecule has 0 aliphatic heterocycles. The van der Waals surface area contributed by atoms with Crippen molar-refractivity contribution in [3.05, 3.63) is 29.3 Å². The van der Waals surface area contributed by atoms with Crippen molar-refractivity contribution in [2.75, 3.05) is 0 Å². The molecule has 5 heteroatoms. The maximum atomic E-state index is 11.1. The Balaban J connectivity index is 2.07. The number of hydrogen-bond acceptors (Lipinski definition) is 4. The summed E-state index contributed by atoms with van der Waals surface area (Å²) in [6.07, 6.45) is -0.977. The molecule has 2 rings (SSSR count). The monoisotopic (exact) mass is 236 g/mol. The molecule has 84 valence electrons. The number of carbonyl (C=O) groups is 1. The van der Waals surface area contributed by atoms with Crippen molar-refractivity contribution in [2.24, 2.45) is 0 Å². The summed E-state index contributed by atoms with van der Waals surface area (Å²) in [5.41, 5.74) is 0.939. The van der Waals surface area contributed by atoms with E-state index in [1.165, 1.54) is 6.92 Å². The SMILES string of the molecule is CC(O)C(=O)NCc1nc2ccccc2s1. The molecule has 1 aromatic heterocycles. The van der Waals surface area contributed by atoms with Crippen molar-refractivity contribution in [3.63, 3.8) is 0 Å². The predicted octanol–water partition coefficient (Wildman–Crippen LogP) is 1.29. The maximum Gasteiger partial charge on any atom is 0.248 e. The quantitative estimate of drug-likeness (QED) is 0.844. The fourth-order valence-corrected chi connectivity index (χ4v) is 2.21. The number of aliphatic hydroxyl groups excluding tert-OH is 1. The molecule has 0 saturated heterocycles. The third-order valence-corrected chi connectivity index (χ3v) is 3.17. The van der Waals surface area contributed by atoms with Gasteiger partial charge in [-0.1, -0.05) is 12.1 Å². The average molecular weight is 236 g/mol. The zero-order chi connectivity index (χ0) is 11.5. The van der Waals surface area contributed by atoms with E-state index >= 15 is 0 Å². The summed E-state index contributed by atoms with van der Waals surface area (Å²) in [7, 11) is 0. The van der Waals surface area contributed by atoms with Crippen molar-refractivity contribution in [3.8, 4) is 0 Å². The lowest BCUT2D eigenvalue weighted by Gasteiger charge is -2.03. The van der Waals surface area contributed by atoms with Crippen LogP contribution in [-0.2, 0) is 11.3 Å². The molecule has 2 aromatic rings. The van der Waals surface area contributed by atoms with E-state index in [1.54, 1.807) is 11.3 Å². The Morgan fingerprint density at radius 2 is 2.31 bits per heavy atom. The molecule has 0 spiro atoms. The first kappa shape index (κ1) is 11.0. The number of carbonyl (C=O) groups excluding carboxylic acids is 1. The minimum atomic E-state index is -0.977. The molecule has 0 aliphatic rings. The standard InChI is InChI=1S/C11H12N2O2S/c1-7(14)11(15)12-6-10-13-8-4-2-3-5-9(8)16-10/h2-5,7,14H,6H2,1H3,(H,12,15). The van der Waals surface area contributed by atoms with Gasteiger partial charge >= 0.3 is 0 Å². The van der Waals surface area contributed by atoms with Crippen LogP contribution < -0.4 is 5.32 Å². The highest BCUT2D eigenvalue weighted by atomic mass is 32.1. The third kappa shape index (κ3) is 2.37. The van der Waals surface area contributed by atoms with Gasteiger partial charge in [0.1, 0.15) is 11.1 Å². The first-order valence-electron chi connectivity index (χ1n) is 4.97. The van der Waals surface area contributed by atoms with Gasteiger partial charge in [0.25, 0.3) is 0 Å². The highest BCUT2D eigenvalue weighted by Gasteiger charge is 2.09. The van der Waals surface area contributed by atoms with Crippen molar-refractivity contribution < 1.29 is 9.90 Å². The largest absolute Gasteiger partial charge is 0.384 e. The summed E-state index contributed by atoms with van der Waals surface area (Å²) in [6, 6.07) is 7.82. The third-order valence-electron chi connectivity index (χ3n) is 2.13. The first-order chi connectivity index (χ1) is 7.66. The normalized spacial score (nSPS) is 12.6. The van der Waals surface area contributed by atoms with Crippen LogP contribution in [-0.4, -0.2) is 22.1 Å². The zero-order valence-corrected chi connectivity index (χ0v) is 9.62. The van der Waals surface area contributed by atoms with E-state index in [2.05, 4.69) is 10.3 Å². The van der Waals surface area contributed by atoms with Gasteiger partial charge in [0, 0.05) is 0 Å². The molecule has 0 radical (unpaired) electrons. The summed E-state index contributed by atoms with van der Waals surface area (Å²) < 4.78 is 1.10. The average Bonchev–Trinajstić information content (AvgIpc) is 2.68. The Kier molecular flexibility index (Phi) is 3.17. The van der Waals surface area contributed by atoms with Crippen LogP contribution >= 0.6 is 11.3 Å². The highest BCUT2D eigenvalue weighted by molar-refractivity contribution is 7.18. The number of para-hydroxylation sites is 1. The predicted molar refractivity (Wildman–Crippen MR) is 63.1 cm³/mol. The topological polar surface area (TPSA) is 62.2 Å². The lowest BCUT2D eigenvalue weighted by atomic mass is 10.3. The maximum absolute atomic E-state index is 11.1. The van der Waals surface area contributed by atoms with E-state index < -0.39 is 6.10 Å². The Hall–Kier alpha value is -1.46. The summed E-state index contributed by atoms with van der Waals surface area (Å²) in [6.45, 7) is 1.80. The number of rotatable bonds is 3. The highest BCUT2D eigenvalue weighted by Crippen LogP contribution is 2.21. The molecule has 0 bridgehead atoms. The van der Waals surface area contributed by atoms with E-state index in [9.17, 15) is 4.79 Å². The first-order valence-corrected chi connectivity index (χ1v) is 5.78. The van der Waals surface area contributed by atoms with E-state index in [4.69, 9.17) is 5.11 Å². The number of nitrogens with zero attached hydrogens (tertiary/aromatic N) is 1. The number of aliphatic hydroxyl groups is 1. The van der Waals surface area contributed by atoms with Crippen LogP contribution in [0.1, 0.15) is 11.9 Å². The summed E-state index contributed by atoms with van der Waals surface area (Å²) in [5, 5.41) is 12.5. The van der Waals surface area contributed by atoms with Gasteiger partial charge in [-0.2, -0.15) is 0 Å². The van der Waals surface area contributed by atoms with Crippen LogP contribution in [0.2, 0.25) is 0 Å². The lowest BCUT2D eigenvalue weighted by molar-refractivity contribution is -0.128. The molecule has 1 aromatic carbocycles. The van der Waals surface area contributed by atoms with Crippen molar-refractivity contribution in [1.82, 2.24) is 10.3 Å². The number of amides is 1. The summed E-state index contributed by atoms with van der Waals surface area (Å²) >= 11 is 1.54. The van der Waals surface area contributed by atoms with Gasteiger partial charge in [0.05, 0.1) is 16.8 Å². The Labute approximate surface area is 96.9 Å². The molecule has 0 saturated carbocycles. The van der Waals surface area contributed by atoms with Gasteiger partial charge < -0.3 is 10.4 Å². The summed E-state index contributed by atoms with van der Waals surface area (Å²) in [5.74, 6) is -0.376. The molecule has 16 heavy (non-hydrogen) atoms. The van der Waals surface area contributed by atoms with Gasteiger partial charge in [-0.3, -0.25) is 4.79 Å². The molecular weight excluding hydrogens is 224 g/mol. The molecular formula is C11H12N2O2S. The number of benzene rings is 1. The fourth-order valence-electron chi connectivity index (χ4n) is 1.31. The number of aromatic nitrogens is 1. The molecule has 2 N–H and O–H groups in total. The smallest absolute Gasteiger partial charge is 0.248 e. The van der Waals surface area contributed by atoms with E-state index in [0.29, 0.717) is 6.54 Å².